The zero-order valence-corrected chi connectivity index (χ0v) is 13.4. The van der Waals surface area contributed by atoms with Crippen LogP contribution in [0, 0.1) is 0 Å². The highest BCUT2D eigenvalue weighted by molar-refractivity contribution is 7.88. The molecule has 9 nitrogen and oxygen atoms in total. The molecule has 10 heteroatoms. The highest BCUT2D eigenvalue weighted by Gasteiger charge is 2.42. The third-order valence-electron chi connectivity index (χ3n) is 4.04. The Morgan fingerprint density at radius 3 is 2.82 bits per heavy atom. The first kappa shape index (κ1) is 15.4. The summed E-state index contributed by atoms with van der Waals surface area (Å²) < 4.78 is 32.4. The molecule has 2 aliphatic rings. The highest BCUT2D eigenvalue weighted by atomic mass is 32.2. The second-order valence-corrected chi connectivity index (χ2v) is 7.57. The van der Waals surface area contributed by atoms with Crippen LogP contribution in [0.15, 0.2) is 6.33 Å². The van der Waals surface area contributed by atoms with Gasteiger partial charge in [-0.05, 0) is 6.42 Å². The Morgan fingerprint density at radius 1 is 1.41 bits per heavy atom. The number of aryl methyl sites for hydroxylation is 1. The van der Waals surface area contributed by atoms with Gasteiger partial charge in [0.2, 0.25) is 15.8 Å². The number of aromatic nitrogens is 3. The van der Waals surface area contributed by atoms with E-state index in [1.54, 1.807) is 11.9 Å². The Hall–Kier alpha value is -1.52. The number of ether oxygens (including phenoxy) is 1. The molecule has 2 saturated heterocycles. The highest BCUT2D eigenvalue weighted by Crippen LogP contribution is 2.25. The predicted molar refractivity (Wildman–Crippen MR) is 76.6 cm³/mol. The largest absolute Gasteiger partial charge is 0.375 e. The molecular formula is C12H19N5O4S. The van der Waals surface area contributed by atoms with Gasteiger partial charge in [-0.15, -0.1) is 5.10 Å². The van der Waals surface area contributed by atoms with E-state index in [4.69, 9.17) is 4.74 Å². The average molecular weight is 329 g/mol. The molecular weight excluding hydrogens is 310 g/mol. The fourth-order valence-electron chi connectivity index (χ4n) is 3.02. The number of hydrogen-bond donors (Lipinski definition) is 0. The second-order valence-electron chi connectivity index (χ2n) is 5.63. The molecule has 0 aliphatic carbocycles. The van der Waals surface area contributed by atoms with Gasteiger partial charge in [0.05, 0.1) is 25.0 Å². The molecule has 1 amide bonds. The van der Waals surface area contributed by atoms with Crippen LogP contribution < -0.4 is 0 Å². The van der Waals surface area contributed by atoms with Crippen LogP contribution in [-0.2, 0) is 21.8 Å². The maximum Gasteiger partial charge on any atom is 0.293 e. The minimum absolute atomic E-state index is 0.128. The lowest BCUT2D eigenvalue weighted by Crippen LogP contribution is -2.61. The molecule has 0 spiro atoms. The topological polar surface area (TPSA) is 97.6 Å². The number of amides is 1. The normalized spacial score (nSPS) is 26.7. The van der Waals surface area contributed by atoms with Crippen LogP contribution in [0.3, 0.4) is 0 Å². The molecule has 0 radical (unpaired) electrons. The van der Waals surface area contributed by atoms with Gasteiger partial charge in [0.1, 0.15) is 6.33 Å². The number of carbonyl (C=O) groups excluding carboxylic acids is 1. The molecule has 0 aromatic carbocycles. The maximum absolute atomic E-state index is 12.4. The first-order valence-corrected chi connectivity index (χ1v) is 8.94. The standard InChI is InChI=1S/C12H19N5O4S/c1-15-8-13-11(14-15)12(18)16-4-3-10-9(7-16)17(5-6-21-10)22(2,19)20/h8-10H,3-7H2,1-2H3/t9-,10-/m0/s1. The molecule has 3 rings (SSSR count). The predicted octanol–water partition coefficient (Wildman–Crippen LogP) is -1.31. The smallest absolute Gasteiger partial charge is 0.293 e. The van der Waals surface area contributed by atoms with E-state index >= 15 is 0 Å². The van der Waals surface area contributed by atoms with Crippen molar-refractivity contribution in [2.24, 2.45) is 7.05 Å². The van der Waals surface area contributed by atoms with E-state index in [0.29, 0.717) is 32.7 Å². The van der Waals surface area contributed by atoms with Crippen molar-refractivity contribution in [1.82, 2.24) is 24.0 Å². The van der Waals surface area contributed by atoms with Crippen LogP contribution >= 0.6 is 0 Å². The summed E-state index contributed by atoms with van der Waals surface area (Å²) in [6.07, 6.45) is 3.10. The van der Waals surface area contributed by atoms with E-state index in [-0.39, 0.29) is 23.9 Å². The van der Waals surface area contributed by atoms with E-state index in [1.165, 1.54) is 21.6 Å². The van der Waals surface area contributed by atoms with Gasteiger partial charge < -0.3 is 9.64 Å². The maximum atomic E-state index is 12.4. The van der Waals surface area contributed by atoms with Crippen LogP contribution in [0.1, 0.15) is 17.0 Å². The number of morpholine rings is 1. The van der Waals surface area contributed by atoms with Crippen molar-refractivity contribution in [3.8, 4) is 0 Å². The number of nitrogens with zero attached hydrogens (tertiary/aromatic N) is 5. The number of sulfonamides is 1. The minimum Gasteiger partial charge on any atom is -0.375 e. The third-order valence-corrected chi connectivity index (χ3v) is 5.34. The van der Waals surface area contributed by atoms with Gasteiger partial charge in [-0.1, -0.05) is 0 Å². The Kier molecular flexibility index (Phi) is 3.91. The fraction of sp³-hybridized carbons (Fsp3) is 0.750. The zero-order chi connectivity index (χ0) is 15.9. The molecule has 0 bridgehead atoms. The van der Waals surface area contributed by atoms with Crippen LogP contribution in [0.5, 0.6) is 0 Å². The van der Waals surface area contributed by atoms with Crippen molar-refractivity contribution in [3.05, 3.63) is 12.2 Å². The fourth-order valence-corrected chi connectivity index (χ4v) is 4.12. The summed E-state index contributed by atoms with van der Waals surface area (Å²) in [6, 6.07) is -0.342. The van der Waals surface area contributed by atoms with Crippen molar-refractivity contribution in [2.45, 2.75) is 18.6 Å². The second kappa shape index (κ2) is 5.60. The lowest BCUT2D eigenvalue weighted by Gasteiger charge is -2.45. The molecule has 0 saturated carbocycles. The van der Waals surface area contributed by atoms with Crippen LogP contribution in [0.2, 0.25) is 0 Å². The average Bonchev–Trinajstić information content (AvgIpc) is 2.91. The summed E-state index contributed by atoms with van der Waals surface area (Å²) in [5.41, 5.74) is 0. The quantitative estimate of drug-likeness (QED) is 0.668. The molecule has 2 aliphatic heterocycles. The van der Waals surface area contributed by atoms with Gasteiger partial charge >= 0.3 is 0 Å². The molecule has 0 unspecified atom stereocenters. The van der Waals surface area contributed by atoms with Crippen LogP contribution in [0.25, 0.3) is 0 Å². The van der Waals surface area contributed by atoms with Gasteiger partial charge in [-0.25, -0.2) is 13.4 Å². The number of rotatable bonds is 2. The van der Waals surface area contributed by atoms with E-state index in [0.717, 1.165) is 0 Å². The minimum atomic E-state index is -3.33. The zero-order valence-electron chi connectivity index (χ0n) is 12.5. The van der Waals surface area contributed by atoms with E-state index in [1.807, 2.05) is 0 Å². The van der Waals surface area contributed by atoms with E-state index in [2.05, 4.69) is 10.1 Å². The summed E-state index contributed by atoms with van der Waals surface area (Å²) in [7, 11) is -1.64. The van der Waals surface area contributed by atoms with Crippen molar-refractivity contribution in [1.29, 1.82) is 0 Å². The molecule has 3 heterocycles. The first-order valence-electron chi connectivity index (χ1n) is 7.09. The van der Waals surface area contributed by atoms with Gasteiger partial charge in [-0.3, -0.25) is 9.48 Å². The van der Waals surface area contributed by atoms with E-state index in [9.17, 15) is 13.2 Å². The van der Waals surface area contributed by atoms with E-state index < -0.39 is 10.0 Å². The number of piperidine rings is 1. The molecule has 1 aromatic rings. The summed E-state index contributed by atoms with van der Waals surface area (Å²) in [5.74, 6) is -0.151. The Labute approximate surface area is 128 Å². The van der Waals surface area contributed by atoms with Gasteiger partial charge in [0, 0.05) is 26.7 Å². The number of likely N-dealkylation sites (tertiary alicyclic amines) is 1. The number of hydrogen-bond acceptors (Lipinski definition) is 6. The third kappa shape index (κ3) is 2.85. The molecule has 1 aromatic heterocycles. The van der Waals surface area contributed by atoms with Gasteiger partial charge in [-0.2, -0.15) is 4.31 Å². The summed E-state index contributed by atoms with van der Waals surface area (Å²) in [5, 5.41) is 4.01. The molecule has 2 atom stereocenters. The molecule has 22 heavy (non-hydrogen) atoms. The summed E-state index contributed by atoms with van der Waals surface area (Å²) >= 11 is 0. The number of fused-ring (bicyclic) bond motifs is 1. The number of carbonyl (C=O) groups is 1. The Bertz CT molecular complexity index is 673. The van der Waals surface area contributed by atoms with Crippen LogP contribution in [0.4, 0.5) is 0 Å². The SMILES string of the molecule is Cn1cnc(C(=O)N2CC[C@@H]3OCCN(S(C)(=O)=O)[C@H]3C2)n1. The van der Waals surface area contributed by atoms with Crippen molar-refractivity contribution in [3.63, 3.8) is 0 Å². The monoisotopic (exact) mass is 329 g/mol. The Morgan fingerprint density at radius 2 is 2.18 bits per heavy atom. The van der Waals surface area contributed by atoms with Crippen molar-refractivity contribution < 1.29 is 17.9 Å². The summed E-state index contributed by atoms with van der Waals surface area (Å²) in [4.78, 5) is 18.0. The van der Waals surface area contributed by atoms with Crippen molar-refractivity contribution >= 4 is 15.9 Å². The Balaban J connectivity index is 1.79. The van der Waals surface area contributed by atoms with Crippen LogP contribution in [-0.4, -0.2) is 82.9 Å². The van der Waals surface area contributed by atoms with Gasteiger partial charge in [0.25, 0.3) is 5.91 Å². The first-order chi connectivity index (χ1) is 10.4. The van der Waals surface area contributed by atoms with Gasteiger partial charge in [0.15, 0.2) is 0 Å². The van der Waals surface area contributed by atoms with Crippen molar-refractivity contribution in [2.75, 3.05) is 32.5 Å². The summed E-state index contributed by atoms with van der Waals surface area (Å²) in [6.45, 7) is 1.53. The molecule has 2 fully saturated rings. The molecule has 122 valence electrons. The lowest BCUT2D eigenvalue weighted by atomic mass is 10.0. The lowest BCUT2D eigenvalue weighted by molar-refractivity contribution is -0.0705. The molecule has 0 N–H and O–H groups in total.